The van der Waals surface area contributed by atoms with Crippen LogP contribution in [0.1, 0.15) is 10.4 Å². The van der Waals surface area contributed by atoms with Crippen LogP contribution in [0.5, 0.6) is 11.5 Å². The quantitative estimate of drug-likeness (QED) is 0.714. The Balaban J connectivity index is 0.00000169. The number of hydrogen-bond donors (Lipinski definition) is 1. The maximum atomic E-state index is 10.6. The van der Waals surface area contributed by atoms with Crippen molar-refractivity contribution in [3.63, 3.8) is 0 Å². The van der Waals surface area contributed by atoms with E-state index in [-0.39, 0.29) is 24.4 Å². The van der Waals surface area contributed by atoms with Crippen molar-refractivity contribution in [1.29, 1.82) is 0 Å². The normalized spacial score (nSPS) is 8.71. The standard InChI is InChI=1S/C9H10O4.Li.H/c1-12-7-3-6(9(10)11)4-8(5-7)13-2;;/h3-5H,1-2H3,(H,10,11);;. The Kier molecular flexibility index (Phi) is 5.14. The van der Waals surface area contributed by atoms with Crippen LogP contribution >= 0.6 is 0 Å². The molecule has 0 amide bonds. The molecule has 0 spiro atoms. The Morgan fingerprint density at radius 3 is 1.86 bits per heavy atom. The molecule has 72 valence electrons. The molecule has 5 heteroatoms. The number of aromatic carboxylic acids is 1. The van der Waals surface area contributed by atoms with Crippen LogP contribution in [-0.2, 0) is 0 Å². The predicted octanol–water partition coefficient (Wildman–Crippen LogP) is 0.753. The molecule has 0 aliphatic heterocycles. The van der Waals surface area contributed by atoms with Crippen molar-refractivity contribution in [2.75, 3.05) is 14.2 Å². The monoisotopic (exact) mass is 190 g/mol. The molecule has 1 aromatic rings. The zero-order chi connectivity index (χ0) is 9.84. The number of carbonyl (C=O) groups is 1. The van der Waals surface area contributed by atoms with E-state index in [4.69, 9.17) is 14.6 Å². The van der Waals surface area contributed by atoms with Gasteiger partial charge >= 0.3 is 24.8 Å². The minimum atomic E-state index is -1.00. The first-order valence-corrected chi connectivity index (χ1v) is 3.63. The van der Waals surface area contributed by atoms with Crippen LogP contribution in [0.15, 0.2) is 18.2 Å². The number of rotatable bonds is 3. The molecule has 0 fully saturated rings. The van der Waals surface area contributed by atoms with Crippen molar-refractivity contribution in [1.82, 2.24) is 0 Å². The summed E-state index contributed by atoms with van der Waals surface area (Å²) < 4.78 is 9.81. The molecule has 0 atom stereocenters. The van der Waals surface area contributed by atoms with Crippen LogP contribution in [0.2, 0.25) is 0 Å². The van der Waals surface area contributed by atoms with E-state index in [1.165, 1.54) is 26.4 Å². The van der Waals surface area contributed by atoms with E-state index < -0.39 is 5.97 Å². The summed E-state index contributed by atoms with van der Waals surface area (Å²) >= 11 is 0. The Hall–Kier alpha value is -1.11. The van der Waals surface area contributed by atoms with Crippen LogP contribution in [0.3, 0.4) is 0 Å². The van der Waals surface area contributed by atoms with Gasteiger partial charge in [-0.1, -0.05) is 0 Å². The van der Waals surface area contributed by atoms with Crippen LogP contribution in [0, 0.1) is 0 Å². The van der Waals surface area contributed by atoms with E-state index >= 15 is 0 Å². The SMILES string of the molecule is COc1cc(OC)cc(C(=O)O)c1.[LiH]. The number of carboxylic acids is 1. The second kappa shape index (κ2) is 5.58. The first-order valence-electron chi connectivity index (χ1n) is 3.63. The summed E-state index contributed by atoms with van der Waals surface area (Å²) in [7, 11) is 2.95. The summed E-state index contributed by atoms with van der Waals surface area (Å²) in [6, 6.07) is 4.49. The minimum absolute atomic E-state index is 0. The molecule has 0 bridgehead atoms. The van der Waals surface area contributed by atoms with E-state index in [1.54, 1.807) is 6.07 Å². The summed E-state index contributed by atoms with van der Waals surface area (Å²) in [6.07, 6.45) is 0. The molecule has 0 saturated carbocycles. The molecule has 0 saturated heterocycles. The van der Waals surface area contributed by atoms with E-state index in [1.807, 2.05) is 0 Å². The molecule has 4 nitrogen and oxygen atoms in total. The van der Waals surface area contributed by atoms with Crippen LogP contribution < -0.4 is 9.47 Å². The molecule has 0 radical (unpaired) electrons. The molecule has 14 heavy (non-hydrogen) atoms. The van der Waals surface area contributed by atoms with Crippen molar-refractivity contribution in [3.05, 3.63) is 23.8 Å². The molecular weight excluding hydrogens is 179 g/mol. The number of ether oxygens (including phenoxy) is 2. The topological polar surface area (TPSA) is 55.8 Å². The van der Waals surface area contributed by atoms with E-state index in [2.05, 4.69) is 0 Å². The third-order valence-corrected chi connectivity index (χ3v) is 1.60. The second-order valence-corrected chi connectivity index (χ2v) is 2.41. The molecule has 0 aliphatic carbocycles. The average Bonchev–Trinajstić information content (AvgIpc) is 2.16. The summed E-state index contributed by atoms with van der Waals surface area (Å²) in [4.78, 5) is 10.6. The molecule has 0 heterocycles. The van der Waals surface area contributed by atoms with Gasteiger partial charge in [-0.05, 0) is 12.1 Å². The van der Waals surface area contributed by atoms with Gasteiger partial charge in [-0.2, -0.15) is 0 Å². The Morgan fingerprint density at radius 1 is 1.14 bits per heavy atom. The molecule has 1 aromatic carbocycles. The van der Waals surface area contributed by atoms with Gasteiger partial charge in [-0.25, -0.2) is 4.79 Å². The van der Waals surface area contributed by atoms with Gasteiger partial charge < -0.3 is 14.6 Å². The number of hydrogen-bond acceptors (Lipinski definition) is 3. The summed E-state index contributed by atoms with van der Waals surface area (Å²) in [5, 5.41) is 8.71. The maximum absolute atomic E-state index is 10.6. The number of carboxylic acid groups (broad SMARTS) is 1. The van der Waals surface area contributed by atoms with Crippen LogP contribution in [0.4, 0.5) is 0 Å². The third-order valence-electron chi connectivity index (χ3n) is 1.60. The van der Waals surface area contributed by atoms with E-state index in [9.17, 15) is 4.79 Å². The molecule has 1 rings (SSSR count). The van der Waals surface area contributed by atoms with Gasteiger partial charge in [-0.3, -0.25) is 0 Å². The molecule has 0 aliphatic rings. The first kappa shape index (κ1) is 12.9. The fourth-order valence-electron chi connectivity index (χ4n) is 0.931. The van der Waals surface area contributed by atoms with Crippen molar-refractivity contribution in [3.8, 4) is 11.5 Å². The van der Waals surface area contributed by atoms with Crippen molar-refractivity contribution in [2.45, 2.75) is 0 Å². The van der Waals surface area contributed by atoms with Gasteiger partial charge in [0.2, 0.25) is 0 Å². The van der Waals surface area contributed by atoms with Gasteiger partial charge in [0, 0.05) is 6.07 Å². The summed E-state index contributed by atoms with van der Waals surface area (Å²) in [5.41, 5.74) is 0.149. The van der Waals surface area contributed by atoms with E-state index in [0.29, 0.717) is 11.5 Å². The Morgan fingerprint density at radius 2 is 1.57 bits per heavy atom. The second-order valence-electron chi connectivity index (χ2n) is 2.41. The van der Waals surface area contributed by atoms with Gasteiger partial charge in [0.15, 0.2) is 0 Å². The number of methoxy groups -OCH3 is 2. The summed E-state index contributed by atoms with van der Waals surface area (Å²) in [6.45, 7) is 0. The zero-order valence-corrected chi connectivity index (χ0v) is 7.40. The van der Waals surface area contributed by atoms with Gasteiger partial charge in [0.25, 0.3) is 0 Å². The fraction of sp³-hybridized carbons (Fsp3) is 0.222. The average molecular weight is 190 g/mol. The summed E-state index contributed by atoms with van der Waals surface area (Å²) in [5.74, 6) is -0.0642. The van der Waals surface area contributed by atoms with Crippen LogP contribution in [-0.4, -0.2) is 44.2 Å². The molecule has 0 aromatic heterocycles. The van der Waals surface area contributed by atoms with E-state index in [0.717, 1.165) is 0 Å². The molecular formula is C9H11LiO4. The number of benzene rings is 1. The van der Waals surface area contributed by atoms with Gasteiger partial charge in [0.05, 0.1) is 19.8 Å². The zero-order valence-electron chi connectivity index (χ0n) is 7.40. The van der Waals surface area contributed by atoms with Crippen molar-refractivity contribution in [2.24, 2.45) is 0 Å². The molecule has 1 N–H and O–H groups in total. The van der Waals surface area contributed by atoms with Crippen molar-refractivity contribution < 1.29 is 19.4 Å². The van der Waals surface area contributed by atoms with Gasteiger partial charge in [0.1, 0.15) is 11.5 Å². The fourth-order valence-corrected chi connectivity index (χ4v) is 0.931. The Bertz CT molecular complexity index is 302. The van der Waals surface area contributed by atoms with Crippen LogP contribution in [0.25, 0.3) is 0 Å². The predicted molar refractivity (Wildman–Crippen MR) is 53.7 cm³/mol. The Labute approximate surface area is 94.0 Å². The third kappa shape index (κ3) is 2.98. The first-order chi connectivity index (χ1) is 6.17. The molecule has 0 unspecified atom stereocenters. The van der Waals surface area contributed by atoms with Gasteiger partial charge in [-0.15, -0.1) is 0 Å². The van der Waals surface area contributed by atoms with Crippen molar-refractivity contribution >= 4 is 24.8 Å².